The highest BCUT2D eigenvalue weighted by molar-refractivity contribution is 14.1. The fraction of sp³-hybridized carbons (Fsp3) is 0.227. The van der Waals surface area contributed by atoms with Crippen molar-refractivity contribution >= 4 is 80.7 Å². The summed E-state index contributed by atoms with van der Waals surface area (Å²) in [5, 5.41) is 0.500. The molecule has 0 aliphatic carbocycles. The first-order chi connectivity index (χ1) is 15.7. The van der Waals surface area contributed by atoms with Crippen molar-refractivity contribution in [2.45, 2.75) is 13.5 Å². The standard InChI is InChI=1S/C22H18Cl2INO6S/c1-3-31-17-7-12(8-18-21(28)26(22(29)33-18)10-19(27)30-2)6-16(25)20(17)32-11-13-4-5-14(23)9-15(13)24/h4-9H,3,10-11H2,1-2H3/b18-8+. The lowest BCUT2D eigenvalue weighted by atomic mass is 10.1. The number of benzene rings is 2. The van der Waals surface area contributed by atoms with E-state index in [1.54, 1.807) is 36.4 Å². The number of methoxy groups -OCH3 is 1. The second-order valence-electron chi connectivity index (χ2n) is 6.63. The number of carbonyl (C=O) groups excluding carboxylic acids is 3. The summed E-state index contributed by atoms with van der Waals surface area (Å²) in [4.78, 5) is 37.3. The van der Waals surface area contributed by atoms with Gasteiger partial charge in [-0.25, -0.2) is 0 Å². The van der Waals surface area contributed by atoms with Crippen LogP contribution in [0.15, 0.2) is 35.2 Å². The Morgan fingerprint density at radius 1 is 1.18 bits per heavy atom. The SMILES string of the molecule is CCOc1cc(/C=C2/SC(=O)N(CC(=O)OC)C2=O)cc(I)c1OCc1ccc(Cl)cc1Cl. The summed E-state index contributed by atoms with van der Waals surface area (Å²) in [7, 11) is 1.19. The molecule has 3 rings (SSSR count). The topological polar surface area (TPSA) is 82.1 Å². The van der Waals surface area contributed by atoms with E-state index in [-0.39, 0.29) is 11.5 Å². The Kier molecular flexibility index (Phi) is 8.91. The maximum absolute atomic E-state index is 12.6. The van der Waals surface area contributed by atoms with Gasteiger partial charge in [0.25, 0.3) is 11.1 Å². The molecule has 0 bridgehead atoms. The van der Waals surface area contributed by atoms with E-state index in [1.165, 1.54) is 7.11 Å². The molecule has 1 aliphatic rings. The Morgan fingerprint density at radius 3 is 2.61 bits per heavy atom. The largest absolute Gasteiger partial charge is 0.490 e. The van der Waals surface area contributed by atoms with Crippen LogP contribution in [0.1, 0.15) is 18.1 Å². The Bertz CT molecular complexity index is 1140. The minimum Gasteiger partial charge on any atom is -0.490 e. The number of imide groups is 1. The van der Waals surface area contributed by atoms with Crippen LogP contribution < -0.4 is 9.47 Å². The van der Waals surface area contributed by atoms with Crippen LogP contribution in [-0.2, 0) is 20.9 Å². The molecular weight excluding hydrogens is 604 g/mol. The Labute approximate surface area is 218 Å². The number of hydrogen-bond donors (Lipinski definition) is 0. The van der Waals surface area contributed by atoms with Gasteiger partial charge in [0.2, 0.25) is 0 Å². The molecule has 0 aromatic heterocycles. The van der Waals surface area contributed by atoms with E-state index in [9.17, 15) is 14.4 Å². The smallest absolute Gasteiger partial charge is 0.325 e. The van der Waals surface area contributed by atoms with Crippen LogP contribution in [0.2, 0.25) is 10.0 Å². The van der Waals surface area contributed by atoms with Crippen LogP contribution in [-0.4, -0.2) is 42.3 Å². The maximum atomic E-state index is 12.6. The average Bonchev–Trinajstić information content (AvgIpc) is 3.01. The molecule has 1 fully saturated rings. The molecule has 2 aromatic rings. The third-order valence-electron chi connectivity index (χ3n) is 4.41. The minimum absolute atomic E-state index is 0.198. The van der Waals surface area contributed by atoms with Gasteiger partial charge in [0.15, 0.2) is 11.5 Å². The summed E-state index contributed by atoms with van der Waals surface area (Å²) in [6.45, 7) is 2.02. The van der Waals surface area contributed by atoms with Gasteiger partial charge in [0.05, 0.1) is 22.2 Å². The van der Waals surface area contributed by atoms with E-state index in [0.717, 1.165) is 25.8 Å². The summed E-state index contributed by atoms with van der Waals surface area (Å²) >= 11 is 15.1. The van der Waals surface area contributed by atoms with E-state index >= 15 is 0 Å². The van der Waals surface area contributed by atoms with Crippen molar-refractivity contribution < 1.29 is 28.6 Å². The van der Waals surface area contributed by atoms with Gasteiger partial charge in [0, 0.05) is 15.6 Å². The van der Waals surface area contributed by atoms with Crippen molar-refractivity contribution in [3.05, 3.63) is 60.0 Å². The number of ether oxygens (including phenoxy) is 3. The van der Waals surface area contributed by atoms with Gasteiger partial charge in [-0.05, 0) is 77.2 Å². The van der Waals surface area contributed by atoms with Crippen molar-refractivity contribution in [1.82, 2.24) is 4.90 Å². The molecule has 7 nitrogen and oxygen atoms in total. The highest BCUT2D eigenvalue weighted by Gasteiger charge is 2.36. The molecule has 1 saturated heterocycles. The van der Waals surface area contributed by atoms with Gasteiger partial charge in [-0.1, -0.05) is 29.3 Å². The number of thioether (sulfide) groups is 1. The van der Waals surface area contributed by atoms with Crippen molar-refractivity contribution in [2.24, 2.45) is 0 Å². The number of carbonyl (C=O) groups is 3. The third kappa shape index (κ3) is 6.34. The zero-order valence-corrected chi connectivity index (χ0v) is 22.0. The first kappa shape index (κ1) is 25.7. The summed E-state index contributed by atoms with van der Waals surface area (Å²) in [5.41, 5.74) is 1.41. The molecule has 0 atom stereocenters. The third-order valence-corrected chi connectivity index (χ3v) is 6.70. The molecule has 11 heteroatoms. The summed E-state index contributed by atoms with van der Waals surface area (Å²) < 4.78 is 17.0. The number of hydrogen-bond acceptors (Lipinski definition) is 7. The lowest BCUT2D eigenvalue weighted by Crippen LogP contribution is -2.34. The van der Waals surface area contributed by atoms with Crippen LogP contribution >= 0.6 is 57.6 Å². The zero-order chi connectivity index (χ0) is 24.1. The molecule has 2 amide bonds. The fourth-order valence-corrected chi connectivity index (χ4v) is 4.93. The predicted molar refractivity (Wildman–Crippen MR) is 136 cm³/mol. The molecule has 2 aromatic carbocycles. The van der Waals surface area contributed by atoms with Gasteiger partial charge in [-0.3, -0.25) is 19.3 Å². The lowest BCUT2D eigenvalue weighted by Gasteiger charge is -2.15. The van der Waals surface area contributed by atoms with E-state index < -0.39 is 23.7 Å². The number of esters is 1. The highest BCUT2D eigenvalue weighted by atomic mass is 127. The molecule has 0 N–H and O–H groups in total. The Hall–Kier alpha value is -1.95. The molecule has 0 radical (unpaired) electrons. The molecule has 33 heavy (non-hydrogen) atoms. The second-order valence-corrected chi connectivity index (χ2v) is 9.63. The Balaban J connectivity index is 1.85. The van der Waals surface area contributed by atoms with Crippen LogP contribution in [0.5, 0.6) is 11.5 Å². The normalized spacial score (nSPS) is 14.7. The lowest BCUT2D eigenvalue weighted by molar-refractivity contribution is -0.143. The van der Waals surface area contributed by atoms with E-state index in [1.807, 2.05) is 6.92 Å². The molecule has 1 aliphatic heterocycles. The van der Waals surface area contributed by atoms with Crippen LogP contribution in [0, 0.1) is 3.57 Å². The van der Waals surface area contributed by atoms with Gasteiger partial charge in [-0.15, -0.1) is 0 Å². The molecule has 1 heterocycles. The number of rotatable bonds is 8. The monoisotopic (exact) mass is 621 g/mol. The van der Waals surface area contributed by atoms with Gasteiger partial charge in [0.1, 0.15) is 13.2 Å². The van der Waals surface area contributed by atoms with Crippen molar-refractivity contribution in [1.29, 1.82) is 0 Å². The first-order valence-electron chi connectivity index (χ1n) is 9.58. The fourth-order valence-electron chi connectivity index (χ4n) is 2.84. The van der Waals surface area contributed by atoms with Gasteiger partial charge in [-0.2, -0.15) is 0 Å². The van der Waals surface area contributed by atoms with Crippen molar-refractivity contribution in [3.8, 4) is 11.5 Å². The average molecular weight is 622 g/mol. The summed E-state index contributed by atoms with van der Waals surface area (Å²) in [6.07, 6.45) is 1.58. The second kappa shape index (κ2) is 11.5. The van der Waals surface area contributed by atoms with Crippen LogP contribution in [0.3, 0.4) is 0 Å². The van der Waals surface area contributed by atoms with Crippen molar-refractivity contribution in [2.75, 3.05) is 20.3 Å². The minimum atomic E-state index is -0.672. The zero-order valence-electron chi connectivity index (χ0n) is 17.5. The van der Waals surface area contributed by atoms with Crippen molar-refractivity contribution in [3.63, 3.8) is 0 Å². The summed E-state index contributed by atoms with van der Waals surface area (Å²) in [5.74, 6) is -0.218. The predicted octanol–water partition coefficient (Wildman–Crippen LogP) is 5.79. The quantitative estimate of drug-likeness (QED) is 0.210. The van der Waals surface area contributed by atoms with Gasteiger partial charge < -0.3 is 14.2 Å². The van der Waals surface area contributed by atoms with Crippen LogP contribution in [0.4, 0.5) is 4.79 Å². The maximum Gasteiger partial charge on any atom is 0.325 e. The Morgan fingerprint density at radius 2 is 1.94 bits per heavy atom. The molecule has 0 unspecified atom stereocenters. The van der Waals surface area contributed by atoms with E-state index in [0.29, 0.717) is 33.7 Å². The first-order valence-corrected chi connectivity index (χ1v) is 12.2. The van der Waals surface area contributed by atoms with Crippen LogP contribution in [0.25, 0.3) is 6.08 Å². The van der Waals surface area contributed by atoms with E-state index in [2.05, 4.69) is 27.3 Å². The summed E-state index contributed by atoms with van der Waals surface area (Å²) in [6, 6.07) is 8.69. The molecule has 0 saturated carbocycles. The van der Waals surface area contributed by atoms with E-state index in [4.69, 9.17) is 32.7 Å². The van der Waals surface area contributed by atoms with Gasteiger partial charge >= 0.3 is 5.97 Å². The highest BCUT2D eigenvalue weighted by Crippen LogP contribution is 2.38. The number of halogens is 3. The number of nitrogens with zero attached hydrogens (tertiary/aromatic N) is 1. The molecular formula is C22H18Cl2INO6S. The molecule has 174 valence electrons. The number of amides is 2. The molecule has 0 spiro atoms.